The van der Waals surface area contributed by atoms with Crippen LogP contribution in [0.25, 0.3) is 11.0 Å². The fourth-order valence-corrected chi connectivity index (χ4v) is 3.45. The van der Waals surface area contributed by atoms with Crippen LogP contribution in [0.5, 0.6) is 0 Å². The summed E-state index contributed by atoms with van der Waals surface area (Å²) in [5.74, 6) is 0.854. The van der Waals surface area contributed by atoms with Crippen LogP contribution in [-0.2, 0) is 4.79 Å². The number of nitro groups is 1. The van der Waals surface area contributed by atoms with Gasteiger partial charge in [-0.15, -0.1) is 0 Å². The van der Waals surface area contributed by atoms with Crippen molar-refractivity contribution in [1.82, 2.24) is 14.9 Å². The summed E-state index contributed by atoms with van der Waals surface area (Å²) in [6.45, 7) is 1.31. The molecule has 120 valence electrons. The lowest BCUT2D eigenvalue weighted by Crippen LogP contribution is -2.39. The number of para-hydroxylation sites is 2. The molecule has 2 heterocycles. The van der Waals surface area contributed by atoms with Gasteiger partial charge in [0, 0.05) is 30.4 Å². The molecule has 0 radical (unpaired) electrons. The summed E-state index contributed by atoms with van der Waals surface area (Å²) in [6, 6.07) is 7.28. The average Bonchev–Trinajstić information content (AvgIpc) is 3.26. The zero-order chi connectivity index (χ0) is 16.0. The predicted octanol–water partition coefficient (Wildman–Crippen LogP) is 1.93. The Hall–Kier alpha value is -2.44. The molecule has 2 aromatic rings. The second kappa shape index (κ2) is 5.33. The summed E-state index contributed by atoms with van der Waals surface area (Å²) in [4.78, 5) is 32.4. The van der Waals surface area contributed by atoms with Crippen LogP contribution >= 0.6 is 0 Å². The molecule has 2 atom stereocenters. The van der Waals surface area contributed by atoms with E-state index >= 15 is 0 Å². The fourth-order valence-electron chi connectivity index (χ4n) is 3.45. The third-order valence-electron chi connectivity index (χ3n) is 4.95. The van der Waals surface area contributed by atoms with Gasteiger partial charge < -0.3 is 9.88 Å². The molecule has 4 rings (SSSR count). The lowest BCUT2D eigenvalue weighted by molar-refractivity contribution is -0.497. The number of carbonyl (C=O) groups is 1. The van der Waals surface area contributed by atoms with Crippen molar-refractivity contribution in [3.8, 4) is 0 Å². The smallest absolute Gasteiger partial charge is 0.232 e. The first kappa shape index (κ1) is 14.2. The van der Waals surface area contributed by atoms with Crippen molar-refractivity contribution in [2.75, 3.05) is 13.1 Å². The first-order valence-corrected chi connectivity index (χ1v) is 8.00. The molecule has 2 aliphatic rings. The van der Waals surface area contributed by atoms with E-state index in [0.29, 0.717) is 25.4 Å². The summed E-state index contributed by atoms with van der Waals surface area (Å²) in [6.07, 6.45) is 2.10. The second-order valence-electron chi connectivity index (χ2n) is 6.43. The van der Waals surface area contributed by atoms with Gasteiger partial charge in [-0.1, -0.05) is 12.1 Å². The van der Waals surface area contributed by atoms with Crippen molar-refractivity contribution < 1.29 is 9.72 Å². The highest BCUT2D eigenvalue weighted by atomic mass is 16.6. The maximum absolute atomic E-state index is 12.3. The molecule has 1 saturated carbocycles. The molecule has 1 amide bonds. The number of benzene rings is 1. The molecule has 1 saturated heterocycles. The van der Waals surface area contributed by atoms with Crippen LogP contribution in [0.3, 0.4) is 0 Å². The van der Waals surface area contributed by atoms with Crippen LogP contribution < -0.4 is 0 Å². The van der Waals surface area contributed by atoms with E-state index < -0.39 is 12.0 Å². The number of carbonyl (C=O) groups excluding carboxylic acids is 1. The topological polar surface area (TPSA) is 92.1 Å². The van der Waals surface area contributed by atoms with Gasteiger partial charge in [-0.3, -0.25) is 14.9 Å². The Bertz CT molecular complexity index is 731. The minimum atomic E-state index is -0.657. The highest BCUT2D eigenvalue weighted by molar-refractivity contribution is 5.82. The number of aromatic nitrogens is 2. The zero-order valence-corrected chi connectivity index (χ0v) is 12.6. The van der Waals surface area contributed by atoms with Crippen molar-refractivity contribution >= 4 is 16.9 Å². The van der Waals surface area contributed by atoms with E-state index in [2.05, 4.69) is 9.97 Å². The fraction of sp³-hybridized carbons (Fsp3) is 0.500. The molecule has 1 aliphatic heterocycles. The van der Waals surface area contributed by atoms with Crippen LogP contribution in [0.2, 0.25) is 0 Å². The first-order valence-electron chi connectivity index (χ1n) is 8.00. The zero-order valence-electron chi connectivity index (χ0n) is 12.6. The quantitative estimate of drug-likeness (QED) is 0.692. The number of likely N-dealkylation sites (tertiary alicyclic amines) is 1. The summed E-state index contributed by atoms with van der Waals surface area (Å²) in [5, 5.41) is 10.7. The number of hydrogen-bond acceptors (Lipinski definition) is 4. The van der Waals surface area contributed by atoms with Gasteiger partial charge in [0.2, 0.25) is 11.9 Å². The van der Waals surface area contributed by atoms with Crippen LogP contribution in [0.15, 0.2) is 24.3 Å². The Morgan fingerprint density at radius 3 is 2.70 bits per heavy atom. The molecular weight excluding hydrogens is 296 g/mol. The second-order valence-corrected chi connectivity index (χ2v) is 6.43. The Kier molecular flexibility index (Phi) is 3.28. The molecule has 1 N–H and O–H groups in total. The van der Waals surface area contributed by atoms with Crippen molar-refractivity contribution in [1.29, 1.82) is 0 Å². The maximum Gasteiger partial charge on any atom is 0.232 e. The number of imidazole rings is 1. The van der Waals surface area contributed by atoms with E-state index in [1.165, 1.54) is 0 Å². The Morgan fingerprint density at radius 1 is 1.30 bits per heavy atom. The van der Waals surface area contributed by atoms with Crippen molar-refractivity contribution in [2.45, 2.75) is 31.2 Å². The van der Waals surface area contributed by atoms with E-state index in [-0.39, 0.29) is 10.8 Å². The third kappa shape index (κ3) is 2.56. The summed E-state index contributed by atoms with van der Waals surface area (Å²) < 4.78 is 0. The van der Waals surface area contributed by atoms with Crippen LogP contribution in [-0.4, -0.2) is 44.8 Å². The van der Waals surface area contributed by atoms with E-state index in [4.69, 9.17) is 0 Å². The molecule has 0 unspecified atom stereocenters. The lowest BCUT2D eigenvalue weighted by atomic mass is 9.96. The van der Waals surface area contributed by atoms with Crippen LogP contribution in [0.1, 0.15) is 31.0 Å². The maximum atomic E-state index is 12.3. The van der Waals surface area contributed by atoms with E-state index in [9.17, 15) is 14.9 Å². The van der Waals surface area contributed by atoms with E-state index in [0.717, 1.165) is 29.7 Å². The number of H-pyrrole nitrogens is 1. The third-order valence-corrected chi connectivity index (χ3v) is 4.95. The Labute approximate surface area is 132 Å². The normalized spacial score (nSPS) is 24.8. The number of aromatic amines is 1. The first-order chi connectivity index (χ1) is 11.1. The molecule has 2 fully saturated rings. The van der Waals surface area contributed by atoms with Gasteiger partial charge in [-0.05, 0) is 25.0 Å². The molecule has 23 heavy (non-hydrogen) atoms. The van der Waals surface area contributed by atoms with Gasteiger partial charge in [0.25, 0.3) is 0 Å². The number of hydrogen-bond donors (Lipinski definition) is 1. The predicted molar refractivity (Wildman–Crippen MR) is 83.5 cm³/mol. The number of nitrogens with zero attached hydrogens (tertiary/aromatic N) is 3. The number of piperidine rings is 1. The van der Waals surface area contributed by atoms with Gasteiger partial charge in [0.15, 0.2) is 0 Å². The van der Waals surface area contributed by atoms with Crippen LogP contribution in [0, 0.1) is 16.0 Å². The van der Waals surface area contributed by atoms with Gasteiger partial charge in [-0.2, -0.15) is 0 Å². The molecule has 7 nitrogen and oxygen atoms in total. The number of rotatable bonds is 3. The number of amides is 1. The summed E-state index contributed by atoms with van der Waals surface area (Å²) in [5.41, 5.74) is 2.00. The number of fused-ring (bicyclic) bond motifs is 1. The molecular formula is C16H18N4O3. The highest BCUT2D eigenvalue weighted by Crippen LogP contribution is 2.36. The average molecular weight is 314 g/mol. The Balaban J connectivity index is 1.39. The molecule has 1 aliphatic carbocycles. The SMILES string of the molecule is O=C([C@H]1C[C@@H]1[N+](=O)[O-])N1CCC(c2nc3ccccc3[nH]2)CC1. The van der Waals surface area contributed by atoms with Gasteiger partial charge in [0.05, 0.1) is 11.0 Å². The van der Waals surface area contributed by atoms with Crippen molar-refractivity contribution in [3.63, 3.8) is 0 Å². The minimum absolute atomic E-state index is 0.0465. The van der Waals surface area contributed by atoms with E-state index in [1.807, 2.05) is 24.3 Å². The summed E-state index contributed by atoms with van der Waals surface area (Å²) in [7, 11) is 0. The molecule has 0 spiro atoms. The van der Waals surface area contributed by atoms with Gasteiger partial charge in [-0.25, -0.2) is 4.98 Å². The Morgan fingerprint density at radius 2 is 2.04 bits per heavy atom. The monoisotopic (exact) mass is 314 g/mol. The van der Waals surface area contributed by atoms with Crippen LogP contribution in [0.4, 0.5) is 0 Å². The van der Waals surface area contributed by atoms with Crippen molar-refractivity contribution in [2.24, 2.45) is 5.92 Å². The van der Waals surface area contributed by atoms with Gasteiger partial charge >= 0.3 is 0 Å². The highest BCUT2D eigenvalue weighted by Gasteiger charge is 2.54. The lowest BCUT2D eigenvalue weighted by Gasteiger charge is -2.31. The molecule has 0 bridgehead atoms. The molecule has 1 aromatic carbocycles. The molecule has 1 aromatic heterocycles. The summed E-state index contributed by atoms with van der Waals surface area (Å²) >= 11 is 0. The number of nitrogens with one attached hydrogen (secondary N) is 1. The van der Waals surface area contributed by atoms with Crippen molar-refractivity contribution in [3.05, 3.63) is 40.2 Å². The minimum Gasteiger partial charge on any atom is -0.342 e. The largest absolute Gasteiger partial charge is 0.342 e. The standard InChI is InChI=1S/C16H18N4O3/c21-16(11-9-14(11)20(22)23)19-7-5-10(6-8-19)15-17-12-3-1-2-4-13(12)18-15/h1-4,10-11,14H,5-9H2,(H,17,18)/t11-,14-/m0/s1. The molecule has 7 heteroatoms. The van der Waals surface area contributed by atoms with E-state index in [1.54, 1.807) is 4.90 Å². The van der Waals surface area contributed by atoms with Gasteiger partial charge in [0.1, 0.15) is 11.7 Å².